The predicted molar refractivity (Wildman–Crippen MR) is 58.7 cm³/mol. The first-order valence-electron chi connectivity index (χ1n) is 6.17. The number of nitrogens with one attached hydrogen (secondary N) is 1. The van der Waals surface area contributed by atoms with Crippen molar-refractivity contribution in [3.8, 4) is 0 Å². The maximum Gasteiger partial charge on any atom is 0.231 e. The first-order chi connectivity index (χ1) is 8.43. The van der Waals surface area contributed by atoms with Crippen LogP contribution in [0.2, 0.25) is 0 Å². The summed E-state index contributed by atoms with van der Waals surface area (Å²) in [6.45, 7) is 3.76. The van der Waals surface area contributed by atoms with Gasteiger partial charge in [0.15, 0.2) is 0 Å². The van der Waals surface area contributed by atoms with E-state index in [9.17, 15) is 0 Å². The van der Waals surface area contributed by atoms with Crippen LogP contribution in [-0.2, 0) is 9.47 Å². The number of rotatable bonds is 2. The molecule has 0 saturated carbocycles. The lowest BCUT2D eigenvalue weighted by Gasteiger charge is -2.20. The van der Waals surface area contributed by atoms with Gasteiger partial charge >= 0.3 is 0 Å². The Kier molecular flexibility index (Phi) is 3.35. The van der Waals surface area contributed by atoms with Crippen LogP contribution in [0.3, 0.4) is 0 Å². The third-order valence-corrected chi connectivity index (χ3v) is 3.21. The van der Waals surface area contributed by atoms with Crippen molar-refractivity contribution in [1.82, 2.24) is 15.5 Å². The summed E-state index contributed by atoms with van der Waals surface area (Å²) in [5, 5.41) is 7.33. The molecule has 2 atom stereocenters. The largest absolute Gasteiger partial charge is 0.376 e. The van der Waals surface area contributed by atoms with E-state index in [1.165, 1.54) is 0 Å². The molecule has 0 aliphatic carbocycles. The molecule has 2 aliphatic heterocycles. The van der Waals surface area contributed by atoms with Crippen LogP contribution < -0.4 is 5.32 Å². The molecule has 0 bridgehead atoms. The lowest BCUT2D eigenvalue weighted by molar-refractivity contribution is -0.0941. The third kappa shape index (κ3) is 2.48. The Morgan fingerprint density at radius 3 is 3.06 bits per heavy atom. The molecule has 1 aromatic rings. The van der Waals surface area contributed by atoms with E-state index < -0.39 is 0 Å². The molecule has 6 nitrogen and oxygen atoms in total. The van der Waals surface area contributed by atoms with Crippen LogP contribution in [-0.4, -0.2) is 43.1 Å². The van der Waals surface area contributed by atoms with Gasteiger partial charge in [0.25, 0.3) is 0 Å². The molecule has 1 aromatic heterocycles. The second kappa shape index (κ2) is 5.12. The molecule has 3 heterocycles. The molecule has 0 aromatic carbocycles. The second-order valence-electron chi connectivity index (χ2n) is 4.47. The van der Waals surface area contributed by atoms with Crippen molar-refractivity contribution >= 4 is 0 Å². The van der Waals surface area contributed by atoms with Gasteiger partial charge in [-0.1, -0.05) is 5.16 Å². The maximum absolute atomic E-state index is 5.54. The smallest absolute Gasteiger partial charge is 0.231 e. The van der Waals surface area contributed by atoms with Gasteiger partial charge in [-0.3, -0.25) is 0 Å². The van der Waals surface area contributed by atoms with Crippen LogP contribution in [0.5, 0.6) is 0 Å². The average Bonchev–Trinajstić information content (AvgIpc) is 2.90. The Morgan fingerprint density at radius 1 is 1.29 bits per heavy atom. The summed E-state index contributed by atoms with van der Waals surface area (Å²) in [5.74, 6) is 1.68. The monoisotopic (exact) mass is 239 g/mol. The van der Waals surface area contributed by atoms with Crippen molar-refractivity contribution in [2.75, 3.05) is 32.9 Å². The highest BCUT2D eigenvalue weighted by Gasteiger charge is 2.26. The number of piperidine rings is 1. The quantitative estimate of drug-likeness (QED) is 0.816. The Bertz CT molecular complexity index is 324. The molecule has 2 aliphatic rings. The highest BCUT2D eigenvalue weighted by molar-refractivity contribution is 4.99. The number of nitrogens with zero attached hydrogens (tertiary/aromatic N) is 2. The normalized spacial score (nSPS) is 30.4. The summed E-state index contributed by atoms with van der Waals surface area (Å²) >= 11 is 0. The molecule has 94 valence electrons. The minimum absolute atomic E-state index is 0.169. The fourth-order valence-corrected chi connectivity index (χ4v) is 2.24. The lowest BCUT2D eigenvalue weighted by atomic mass is 10.00. The Morgan fingerprint density at radius 2 is 2.29 bits per heavy atom. The van der Waals surface area contributed by atoms with Crippen LogP contribution in [0.25, 0.3) is 0 Å². The fourth-order valence-electron chi connectivity index (χ4n) is 2.24. The van der Waals surface area contributed by atoms with E-state index in [2.05, 4.69) is 15.5 Å². The molecular weight excluding hydrogens is 222 g/mol. The summed E-state index contributed by atoms with van der Waals surface area (Å²) in [6, 6.07) is 0. The number of ether oxygens (including phenoxy) is 2. The first kappa shape index (κ1) is 11.1. The van der Waals surface area contributed by atoms with Crippen molar-refractivity contribution < 1.29 is 14.0 Å². The van der Waals surface area contributed by atoms with Crippen molar-refractivity contribution in [3.05, 3.63) is 11.7 Å². The van der Waals surface area contributed by atoms with E-state index >= 15 is 0 Å². The molecule has 2 saturated heterocycles. The topological polar surface area (TPSA) is 69.4 Å². The average molecular weight is 239 g/mol. The van der Waals surface area contributed by atoms with Gasteiger partial charge in [0.2, 0.25) is 11.7 Å². The van der Waals surface area contributed by atoms with Gasteiger partial charge in [0.1, 0.15) is 6.10 Å². The van der Waals surface area contributed by atoms with E-state index in [1.54, 1.807) is 0 Å². The summed E-state index contributed by atoms with van der Waals surface area (Å²) in [5.41, 5.74) is 0. The van der Waals surface area contributed by atoms with Gasteiger partial charge in [-0.15, -0.1) is 0 Å². The molecule has 17 heavy (non-hydrogen) atoms. The van der Waals surface area contributed by atoms with Gasteiger partial charge in [-0.25, -0.2) is 0 Å². The van der Waals surface area contributed by atoms with Crippen LogP contribution >= 0.6 is 0 Å². The summed E-state index contributed by atoms with van der Waals surface area (Å²) in [6.07, 6.45) is 2.10. The fraction of sp³-hybridized carbons (Fsp3) is 0.818. The highest BCUT2D eigenvalue weighted by Crippen LogP contribution is 2.24. The molecule has 2 fully saturated rings. The van der Waals surface area contributed by atoms with Crippen molar-refractivity contribution in [1.29, 1.82) is 0 Å². The van der Waals surface area contributed by atoms with Crippen LogP contribution in [0.15, 0.2) is 4.52 Å². The maximum atomic E-state index is 5.54. The highest BCUT2D eigenvalue weighted by atomic mass is 16.6. The van der Waals surface area contributed by atoms with Crippen molar-refractivity contribution in [3.63, 3.8) is 0 Å². The zero-order chi connectivity index (χ0) is 11.5. The lowest BCUT2D eigenvalue weighted by Crippen LogP contribution is -2.28. The molecule has 1 N–H and O–H groups in total. The van der Waals surface area contributed by atoms with Gasteiger partial charge in [-0.05, 0) is 19.4 Å². The second-order valence-corrected chi connectivity index (χ2v) is 4.47. The number of hydrogen-bond donors (Lipinski definition) is 1. The molecule has 0 spiro atoms. The zero-order valence-electron chi connectivity index (χ0n) is 9.72. The first-order valence-corrected chi connectivity index (χ1v) is 6.17. The van der Waals surface area contributed by atoms with Gasteiger partial charge < -0.3 is 19.3 Å². The van der Waals surface area contributed by atoms with E-state index in [0.29, 0.717) is 31.6 Å². The zero-order valence-corrected chi connectivity index (χ0v) is 9.72. The summed E-state index contributed by atoms with van der Waals surface area (Å²) < 4.78 is 16.2. The van der Waals surface area contributed by atoms with Gasteiger partial charge in [0.05, 0.1) is 25.7 Å². The van der Waals surface area contributed by atoms with Crippen molar-refractivity contribution in [2.24, 2.45) is 0 Å². The molecule has 6 heteroatoms. The van der Waals surface area contributed by atoms with Crippen LogP contribution in [0.4, 0.5) is 0 Å². The SMILES string of the molecule is C1CNCC(c2nc(C3COCCO3)no2)C1. The Labute approximate surface area is 99.7 Å². The van der Waals surface area contributed by atoms with Gasteiger partial charge in [-0.2, -0.15) is 4.98 Å². The summed E-state index contributed by atoms with van der Waals surface area (Å²) in [7, 11) is 0. The van der Waals surface area contributed by atoms with Crippen molar-refractivity contribution in [2.45, 2.75) is 24.9 Å². The Balaban J connectivity index is 1.68. The van der Waals surface area contributed by atoms with E-state index in [-0.39, 0.29) is 6.10 Å². The molecule has 2 unspecified atom stereocenters. The summed E-state index contributed by atoms with van der Waals surface area (Å²) in [4.78, 5) is 4.43. The number of hydrogen-bond acceptors (Lipinski definition) is 6. The predicted octanol–water partition coefficient (Wildman–Crippen LogP) is 0.624. The molecule has 0 amide bonds. The van der Waals surface area contributed by atoms with E-state index in [1.807, 2.05) is 0 Å². The Hall–Kier alpha value is -0.980. The van der Waals surface area contributed by atoms with Crippen LogP contribution in [0, 0.1) is 0 Å². The molecule has 3 rings (SSSR count). The van der Waals surface area contributed by atoms with E-state index in [4.69, 9.17) is 14.0 Å². The molecular formula is C11H17N3O3. The van der Waals surface area contributed by atoms with Crippen LogP contribution in [0.1, 0.15) is 36.6 Å². The van der Waals surface area contributed by atoms with E-state index in [0.717, 1.165) is 31.8 Å². The standard InChI is InChI=1S/C11H17N3O3/c1-2-8(6-12-3-1)11-13-10(14-17-11)9-7-15-4-5-16-9/h8-9,12H,1-7H2. The van der Waals surface area contributed by atoms with Gasteiger partial charge in [0, 0.05) is 6.54 Å². The minimum atomic E-state index is -0.169. The number of aromatic nitrogens is 2. The molecule has 0 radical (unpaired) electrons. The minimum Gasteiger partial charge on any atom is -0.376 e. The third-order valence-electron chi connectivity index (χ3n) is 3.21.